The van der Waals surface area contributed by atoms with E-state index in [1.54, 1.807) is 0 Å². The topological polar surface area (TPSA) is 73.7 Å². The van der Waals surface area contributed by atoms with Gasteiger partial charge in [0.25, 0.3) is 0 Å². The zero-order valence-electron chi connectivity index (χ0n) is 19.0. The Morgan fingerprint density at radius 1 is 0.750 bits per heavy atom. The monoisotopic (exact) mass is 532 g/mol. The molecule has 0 unspecified atom stereocenters. The minimum Gasteiger partial charge on any atom is -0.505 e. The highest BCUT2D eigenvalue weighted by molar-refractivity contribution is 5.56. The van der Waals surface area contributed by atoms with Gasteiger partial charge < -0.3 is 19.3 Å². The zero-order valence-corrected chi connectivity index (χ0v) is 19.0. The lowest BCUT2D eigenvalue weighted by Crippen LogP contribution is -2.64. The van der Waals surface area contributed by atoms with Gasteiger partial charge in [0.15, 0.2) is 11.6 Å². The van der Waals surface area contributed by atoms with Gasteiger partial charge in [-0.05, 0) is 43.5 Å². The second-order valence-electron chi connectivity index (χ2n) is 7.60. The molecular weight excluding hydrogens is 508 g/mol. The van der Waals surface area contributed by atoms with Crippen molar-refractivity contribution in [3.05, 3.63) is 36.7 Å². The summed E-state index contributed by atoms with van der Waals surface area (Å²) in [6.07, 6.45) is -8.48. The summed E-state index contributed by atoms with van der Waals surface area (Å²) < 4.78 is 124. The molecule has 0 saturated carbocycles. The Labute approximate surface area is 201 Å². The number of nitrogens with zero attached hydrogens (tertiary/aromatic N) is 2. The van der Waals surface area contributed by atoms with Crippen LogP contribution in [0.2, 0.25) is 0 Å². The van der Waals surface area contributed by atoms with Crippen LogP contribution < -0.4 is 4.74 Å². The second kappa shape index (κ2) is 12.0. The number of ether oxygens (including phenoxy) is 3. The molecule has 0 atom stereocenters. The molecule has 14 heteroatoms. The molecule has 0 bridgehead atoms. The molecule has 1 heterocycles. The fourth-order valence-corrected chi connectivity index (χ4v) is 2.67. The van der Waals surface area contributed by atoms with Crippen LogP contribution in [0.4, 0.5) is 35.1 Å². The van der Waals surface area contributed by atoms with Crippen molar-refractivity contribution in [1.82, 2.24) is 9.97 Å². The molecule has 36 heavy (non-hydrogen) atoms. The molecular formula is C22H24F8N2O4. The molecule has 0 aliphatic carbocycles. The highest BCUT2D eigenvalue weighted by Crippen LogP contribution is 2.53. The Morgan fingerprint density at radius 3 is 1.86 bits per heavy atom. The van der Waals surface area contributed by atoms with Gasteiger partial charge >= 0.3 is 24.1 Å². The molecule has 1 aromatic heterocycles. The number of halogens is 8. The van der Waals surface area contributed by atoms with Crippen molar-refractivity contribution < 1.29 is 54.4 Å². The third kappa shape index (κ3) is 6.93. The lowest BCUT2D eigenvalue weighted by Gasteiger charge is -2.35. The lowest BCUT2D eigenvalue weighted by molar-refractivity contribution is -0.450. The predicted octanol–water partition coefficient (Wildman–Crippen LogP) is 6.30. The number of unbranched alkanes of at least 4 members (excludes halogenated alkanes) is 2. The van der Waals surface area contributed by atoms with Crippen LogP contribution in [0.1, 0.15) is 32.6 Å². The van der Waals surface area contributed by atoms with Gasteiger partial charge in [-0.2, -0.15) is 35.1 Å². The van der Waals surface area contributed by atoms with Gasteiger partial charge in [-0.25, -0.2) is 9.97 Å². The summed E-state index contributed by atoms with van der Waals surface area (Å²) >= 11 is 0. The zero-order chi connectivity index (χ0) is 27.0. The maximum absolute atomic E-state index is 14.1. The van der Waals surface area contributed by atoms with Crippen molar-refractivity contribution >= 4 is 0 Å². The molecule has 2 aromatic rings. The number of hydrogen-bond donors (Lipinski definition) is 1. The molecule has 0 spiro atoms. The van der Waals surface area contributed by atoms with Crippen LogP contribution >= 0.6 is 0 Å². The number of rotatable bonds is 15. The molecule has 6 nitrogen and oxygen atoms in total. The van der Waals surface area contributed by atoms with Crippen LogP contribution in [0.3, 0.4) is 0 Å². The predicted molar refractivity (Wildman–Crippen MR) is 110 cm³/mol. The van der Waals surface area contributed by atoms with E-state index in [1.165, 1.54) is 0 Å². The first kappa shape index (κ1) is 29.5. The van der Waals surface area contributed by atoms with E-state index in [2.05, 4.69) is 19.4 Å². The molecule has 0 radical (unpaired) electrons. The van der Waals surface area contributed by atoms with Crippen LogP contribution in [0, 0.1) is 0 Å². The van der Waals surface area contributed by atoms with Gasteiger partial charge in [0.2, 0.25) is 0 Å². The molecule has 2 rings (SSSR count). The van der Waals surface area contributed by atoms with Crippen LogP contribution in [-0.2, 0) is 9.47 Å². The van der Waals surface area contributed by atoms with E-state index in [0.717, 1.165) is 37.4 Å². The maximum atomic E-state index is 14.1. The van der Waals surface area contributed by atoms with Crippen LogP contribution in [-0.4, -0.2) is 59.0 Å². The highest BCUT2D eigenvalue weighted by Gasteiger charge is 2.83. The van der Waals surface area contributed by atoms with Crippen LogP contribution in [0.15, 0.2) is 36.7 Å². The first-order valence-corrected chi connectivity index (χ1v) is 10.8. The Balaban J connectivity index is 2.02. The Kier molecular flexibility index (Phi) is 9.83. The van der Waals surface area contributed by atoms with Crippen LogP contribution in [0.5, 0.6) is 11.5 Å². The summed E-state index contributed by atoms with van der Waals surface area (Å²) in [5, 5.41) is 9.15. The number of hydrogen-bond acceptors (Lipinski definition) is 6. The average molecular weight is 532 g/mol. The molecule has 0 fully saturated rings. The lowest BCUT2D eigenvalue weighted by atomic mass is 10.1. The van der Waals surface area contributed by atoms with E-state index in [0.29, 0.717) is 18.7 Å². The maximum Gasteiger partial charge on any atom is 0.471 e. The molecule has 0 aliphatic heterocycles. The molecule has 0 amide bonds. The van der Waals surface area contributed by atoms with Crippen molar-refractivity contribution in [1.29, 1.82) is 0 Å². The number of aromatic hydroxyl groups is 1. The van der Waals surface area contributed by atoms with Gasteiger partial charge in [-0.1, -0.05) is 13.3 Å². The standard InChI is InChI=1S/C22H24F8N2O4/c1-2-3-10-34-11-4-5-12-35-21(27,28)19(23,24)20(25,26)22(29,30)36-17-8-6-15(7-9-17)18-31-13-16(33)14-32-18/h6-9,13-14,33H,2-5,10-12H2,1H3. The summed E-state index contributed by atoms with van der Waals surface area (Å²) in [7, 11) is 0. The van der Waals surface area contributed by atoms with Crippen molar-refractivity contribution in [3.8, 4) is 22.9 Å². The third-order valence-corrected chi connectivity index (χ3v) is 4.73. The average Bonchev–Trinajstić information content (AvgIpc) is 2.81. The van der Waals surface area contributed by atoms with Gasteiger partial charge in [-0.3, -0.25) is 0 Å². The van der Waals surface area contributed by atoms with Gasteiger partial charge in [0, 0.05) is 18.8 Å². The van der Waals surface area contributed by atoms with Crippen molar-refractivity contribution in [2.45, 2.75) is 56.7 Å². The van der Waals surface area contributed by atoms with E-state index in [4.69, 9.17) is 9.84 Å². The summed E-state index contributed by atoms with van der Waals surface area (Å²) in [5.41, 5.74) is 0.165. The van der Waals surface area contributed by atoms with Gasteiger partial charge in [0.1, 0.15) is 5.75 Å². The summed E-state index contributed by atoms with van der Waals surface area (Å²) in [4.78, 5) is 7.46. The summed E-state index contributed by atoms with van der Waals surface area (Å²) in [6, 6.07) is 3.45. The molecule has 0 aliphatic rings. The normalized spacial score (nSPS) is 13.1. The fourth-order valence-electron chi connectivity index (χ4n) is 2.67. The highest BCUT2D eigenvalue weighted by atomic mass is 19.4. The second-order valence-corrected chi connectivity index (χ2v) is 7.60. The summed E-state index contributed by atoms with van der Waals surface area (Å²) in [6.45, 7) is 1.32. The number of benzene rings is 1. The smallest absolute Gasteiger partial charge is 0.471 e. The van der Waals surface area contributed by atoms with E-state index in [1.807, 2.05) is 6.92 Å². The van der Waals surface area contributed by atoms with E-state index in [9.17, 15) is 35.1 Å². The minimum absolute atomic E-state index is 0.00675. The Morgan fingerprint density at radius 2 is 1.28 bits per heavy atom. The van der Waals surface area contributed by atoms with Crippen LogP contribution in [0.25, 0.3) is 11.4 Å². The van der Waals surface area contributed by atoms with Crippen molar-refractivity contribution in [3.63, 3.8) is 0 Å². The largest absolute Gasteiger partial charge is 0.505 e. The first-order valence-electron chi connectivity index (χ1n) is 10.8. The van der Waals surface area contributed by atoms with Gasteiger partial charge in [0.05, 0.1) is 19.0 Å². The van der Waals surface area contributed by atoms with E-state index >= 15 is 0 Å². The molecule has 0 saturated heterocycles. The Hall–Kier alpha value is -2.74. The number of alkyl halides is 8. The quantitative estimate of drug-likeness (QED) is 0.215. The SMILES string of the molecule is CCCCOCCCCOC(F)(F)C(F)(F)C(F)(F)C(F)(F)Oc1ccc(-c2ncc(O)cn2)cc1. The Bertz CT molecular complexity index is 944. The molecule has 202 valence electrons. The molecule has 1 aromatic carbocycles. The number of aromatic nitrogens is 2. The first-order chi connectivity index (χ1) is 16.7. The molecule has 1 N–H and O–H groups in total. The van der Waals surface area contributed by atoms with E-state index < -0.39 is 36.4 Å². The van der Waals surface area contributed by atoms with Crippen molar-refractivity contribution in [2.75, 3.05) is 19.8 Å². The fraction of sp³-hybridized carbons (Fsp3) is 0.545. The summed E-state index contributed by atoms with van der Waals surface area (Å²) in [5.74, 6) is -14.6. The van der Waals surface area contributed by atoms with E-state index in [-0.39, 0.29) is 36.6 Å². The minimum atomic E-state index is -6.66. The van der Waals surface area contributed by atoms with Gasteiger partial charge in [-0.15, -0.1) is 0 Å². The van der Waals surface area contributed by atoms with Crippen molar-refractivity contribution in [2.24, 2.45) is 0 Å². The third-order valence-electron chi connectivity index (χ3n) is 4.73.